The second-order valence-corrected chi connectivity index (χ2v) is 9.26. The third-order valence-corrected chi connectivity index (χ3v) is 6.91. The van der Waals surface area contributed by atoms with Crippen molar-refractivity contribution in [1.29, 1.82) is 0 Å². The average molecular weight is 480 g/mol. The quantitative estimate of drug-likeness (QED) is 0.526. The second-order valence-electron chi connectivity index (χ2n) is 9.26. The summed E-state index contributed by atoms with van der Waals surface area (Å²) in [7, 11) is 1.84. The van der Waals surface area contributed by atoms with E-state index in [0.29, 0.717) is 31.3 Å². The van der Waals surface area contributed by atoms with Crippen LogP contribution in [0.1, 0.15) is 51.4 Å². The average Bonchev–Trinajstić information content (AvgIpc) is 2.82. The third-order valence-electron chi connectivity index (χ3n) is 6.91. The predicted molar refractivity (Wildman–Crippen MR) is 124 cm³/mol. The Balaban J connectivity index is 1.26. The number of nitrogens with one attached hydrogen (secondary N) is 3. The van der Waals surface area contributed by atoms with Crippen molar-refractivity contribution < 1.29 is 22.7 Å². The van der Waals surface area contributed by atoms with Gasteiger partial charge in [-0.15, -0.1) is 13.2 Å². The Morgan fingerprint density at radius 2 is 1.79 bits per heavy atom. The molecule has 7 nitrogen and oxygen atoms in total. The number of aromatic nitrogens is 2. The summed E-state index contributed by atoms with van der Waals surface area (Å²) in [6.45, 7) is 0.483. The highest BCUT2D eigenvalue weighted by atomic mass is 19.4. The highest BCUT2D eigenvalue weighted by molar-refractivity contribution is 5.89. The zero-order valence-electron chi connectivity index (χ0n) is 19.3. The molecule has 1 aromatic heterocycles. The highest BCUT2D eigenvalue weighted by Gasteiger charge is 2.40. The van der Waals surface area contributed by atoms with Gasteiger partial charge in [-0.25, -0.2) is 4.98 Å². The number of fused-ring (bicyclic) bond motifs is 1. The number of benzene rings is 1. The van der Waals surface area contributed by atoms with E-state index in [0.717, 1.165) is 48.8 Å². The molecule has 186 valence electrons. The van der Waals surface area contributed by atoms with Crippen LogP contribution in [0.25, 0.3) is 10.9 Å². The van der Waals surface area contributed by atoms with Crippen molar-refractivity contribution in [3.05, 3.63) is 24.3 Å². The Labute approximate surface area is 197 Å². The lowest BCUT2D eigenvalue weighted by atomic mass is 9.84. The Bertz CT molecular complexity index is 979. The Morgan fingerprint density at radius 1 is 1.06 bits per heavy atom. The predicted octanol–water partition coefficient (Wildman–Crippen LogP) is 4.85. The lowest BCUT2D eigenvalue weighted by Crippen LogP contribution is -2.44. The van der Waals surface area contributed by atoms with Crippen LogP contribution in [0.5, 0.6) is 0 Å². The standard InChI is InChI=1S/C24H32F3N5O2/c1-28-21-17-6-2-4-8-19(17)31-23(32-21)30-16-12-10-15(11-13-16)14-29-22(33)18-7-3-5-9-20(18)34-24(25,26)27/h2,4,6,8,15-16,18,20H,3,5,7,9-14H2,1H3,(H,29,33)(H2,28,30,31,32)/t15?,16?,18-,20?/m1/s1. The minimum Gasteiger partial charge on any atom is -0.372 e. The molecule has 2 saturated carbocycles. The zero-order valence-corrected chi connectivity index (χ0v) is 19.3. The number of nitrogens with zero attached hydrogens (tertiary/aromatic N) is 2. The van der Waals surface area contributed by atoms with Gasteiger partial charge in [0.05, 0.1) is 17.5 Å². The van der Waals surface area contributed by atoms with E-state index in [1.165, 1.54) is 0 Å². The molecule has 0 bridgehead atoms. The van der Waals surface area contributed by atoms with Crippen LogP contribution >= 0.6 is 0 Å². The van der Waals surface area contributed by atoms with Crippen molar-refractivity contribution in [2.45, 2.75) is 69.9 Å². The molecule has 2 fully saturated rings. The fourth-order valence-electron chi connectivity index (χ4n) is 5.11. The molecule has 2 aromatic rings. The van der Waals surface area contributed by atoms with E-state index in [1.807, 2.05) is 31.3 Å². The zero-order chi connectivity index (χ0) is 24.1. The SMILES string of the molecule is CNc1nc(NC2CCC(CNC(=O)[C@@H]3CCCCC3OC(F)(F)F)CC2)nc2ccccc12. The summed E-state index contributed by atoms with van der Waals surface area (Å²) in [5.41, 5.74) is 0.872. The molecule has 1 heterocycles. The summed E-state index contributed by atoms with van der Waals surface area (Å²) in [4.78, 5) is 21.8. The number of carbonyl (C=O) groups is 1. The summed E-state index contributed by atoms with van der Waals surface area (Å²) in [6.07, 6.45) is -0.0488. The highest BCUT2D eigenvalue weighted by Crippen LogP contribution is 2.33. The molecular formula is C24H32F3N5O2. The van der Waals surface area contributed by atoms with Gasteiger partial charge in [-0.3, -0.25) is 9.53 Å². The maximum atomic E-state index is 12.7. The van der Waals surface area contributed by atoms with Crippen LogP contribution in [0.4, 0.5) is 24.9 Å². The number of anilines is 2. The van der Waals surface area contributed by atoms with Crippen molar-refractivity contribution in [1.82, 2.24) is 15.3 Å². The molecule has 2 aliphatic carbocycles. The fraction of sp³-hybridized carbons (Fsp3) is 0.625. The molecular weight excluding hydrogens is 447 g/mol. The van der Waals surface area contributed by atoms with Crippen LogP contribution in [0.2, 0.25) is 0 Å². The Hall–Kier alpha value is -2.62. The molecule has 0 spiro atoms. The summed E-state index contributed by atoms with van der Waals surface area (Å²) in [5, 5.41) is 10.4. The first kappa shape index (κ1) is 24.5. The van der Waals surface area contributed by atoms with E-state index in [-0.39, 0.29) is 18.4 Å². The second kappa shape index (κ2) is 10.8. The van der Waals surface area contributed by atoms with Crippen LogP contribution < -0.4 is 16.0 Å². The normalized spacial score (nSPS) is 25.6. The molecule has 1 amide bonds. The maximum absolute atomic E-state index is 12.7. The van der Waals surface area contributed by atoms with Crippen molar-refractivity contribution in [3.8, 4) is 0 Å². The van der Waals surface area contributed by atoms with Gasteiger partial charge in [0.25, 0.3) is 0 Å². The minimum absolute atomic E-state index is 0.237. The van der Waals surface area contributed by atoms with E-state index in [4.69, 9.17) is 0 Å². The molecule has 2 atom stereocenters. The fourth-order valence-corrected chi connectivity index (χ4v) is 5.11. The summed E-state index contributed by atoms with van der Waals surface area (Å²) < 4.78 is 42.3. The number of amides is 1. The number of alkyl halides is 3. The third kappa shape index (κ3) is 6.28. The van der Waals surface area contributed by atoms with Gasteiger partial charge in [0.2, 0.25) is 11.9 Å². The number of halogens is 3. The molecule has 1 unspecified atom stereocenters. The Kier molecular flexibility index (Phi) is 7.75. The van der Waals surface area contributed by atoms with Crippen molar-refractivity contribution in [3.63, 3.8) is 0 Å². The van der Waals surface area contributed by atoms with Crippen LogP contribution in [-0.2, 0) is 9.53 Å². The van der Waals surface area contributed by atoms with E-state index in [1.54, 1.807) is 0 Å². The summed E-state index contributed by atoms with van der Waals surface area (Å²) in [6, 6.07) is 8.08. The number of hydrogen-bond acceptors (Lipinski definition) is 6. The minimum atomic E-state index is -4.71. The molecule has 0 aliphatic heterocycles. The van der Waals surface area contributed by atoms with Gasteiger partial charge >= 0.3 is 6.36 Å². The number of ether oxygens (including phenoxy) is 1. The summed E-state index contributed by atoms with van der Waals surface area (Å²) in [5.74, 6) is 0.615. The number of hydrogen-bond donors (Lipinski definition) is 3. The first-order chi connectivity index (χ1) is 16.3. The van der Waals surface area contributed by atoms with E-state index in [9.17, 15) is 18.0 Å². The van der Waals surface area contributed by atoms with Crippen LogP contribution in [0.15, 0.2) is 24.3 Å². The van der Waals surface area contributed by atoms with Crippen molar-refractivity contribution in [2.75, 3.05) is 24.2 Å². The van der Waals surface area contributed by atoms with Gasteiger partial charge in [0.15, 0.2) is 0 Å². The molecule has 3 N–H and O–H groups in total. The van der Waals surface area contributed by atoms with Gasteiger partial charge in [-0.2, -0.15) is 4.98 Å². The first-order valence-corrected chi connectivity index (χ1v) is 12.1. The number of rotatable bonds is 7. The monoisotopic (exact) mass is 479 g/mol. The van der Waals surface area contributed by atoms with Crippen LogP contribution in [0, 0.1) is 11.8 Å². The summed E-state index contributed by atoms with van der Waals surface area (Å²) >= 11 is 0. The maximum Gasteiger partial charge on any atom is 0.522 e. The molecule has 10 heteroatoms. The Morgan fingerprint density at radius 3 is 2.53 bits per heavy atom. The lowest BCUT2D eigenvalue weighted by molar-refractivity contribution is -0.349. The van der Waals surface area contributed by atoms with E-state index >= 15 is 0 Å². The molecule has 34 heavy (non-hydrogen) atoms. The van der Waals surface area contributed by atoms with E-state index in [2.05, 4.69) is 30.7 Å². The molecule has 0 radical (unpaired) electrons. The van der Waals surface area contributed by atoms with Crippen LogP contribution in [-0.4, -0.2) is 48.0 Å². The van der Waals surface area contributed by atoms with Gasteiger partial charge in [-0.05, 0) is 56.6 Å². The van der Waals surface area contributed by atoms with Gasteiger partial charge in [0, 0.05) is 25.0 Å². The molecule has 4 rings (SSSR count). The molecule has 1 aromatic carbocycles. The molecule has 0 saturated heterocycles. The van der Waals surface area contributed by atoms with Gasteiger partial charge in [0.1, 0.15) is 5.82 Å². The largest absolute Gasteiger partial charge is 0.522 e. The van der Waals surface area contributed by atoms with Crippen molar-refractivity contribution in [2.24, 2.45) is 11.8 Å². The number of carbonyl (C=O) groups excluding carboxylic acids is 1. The topological polar surface area (TPSA) is 88.2 Å². The lowest BCUT2D eigenvalue weighted by Gasteiger charge is -2.32. The van der Waals surface area contributed by atoms with Crippen LogP contribution in [0.3, 0.4) is 0 Å². The molecule has 2 aliphatic rings. The van der Waals surface area contributed by atoms with Crippen molar-refractivity contribution >= 4 is 28.6 Å². The first-order valence-electron chi connectivity index (χ1n) is 12.1. The van der Waals surface area contributed by atoms with Gasteiger partial charge in [-0.1, -0.05) is 25.0 Å². The smallest absolute Gasteiger partial charge is 0.372 e. The number of para-hydroxylation sites is 1. The van der Waals surface area contributed by atoms with Gasteiger partial charge < -0.3 is 16.0 Å². The van der Waals surface area contributed by atoms with E-state index < -0.39 is 18.4 Å².